The molecule has 1 aliphatic rings. The molecule has 0 saturated carbocycles. The van der Waals surface area contributed by atoms with Crippen molar-refractivity contribution in [2.24, 2.45) is 10.2 Å². The molecule has 3 aromatic rings. The standard InChI is InChI=1S/C28H27ClFN3O.Co/c1-4-33-25-12-8-7-11-23(25)28(3,18-20-13-14-21(30)17-24(20)29)26(33)15-16-31-32-27(34)22-10-6-5-9-19(22)2;/h5-17H,4,18H2,1-3H3,(H,32,34);/b26-15-,31-16+;. The molecule has 1 unspecified atom stereocenters. The van der Waals surface area contributed by atoms with Crippen LogP contribution in [-0.4, -0.2) is 23.8 Å². The van der Waals surface area contributed by atoms with Crippen LogP contribution in [0.1, 0.15) is 36.1 Å². The number of hydrogen-bond donors (Lipinski definition) is 1. The number of anilines is 1. The summed E-state index contributed by atoms with van der Waals surface area (Å²) in [6.45, 7) is 6.93. The van der Waals surface area contributed by atoms with Gasteiger partial charge in [0.1, 0.15) is 5.82 Å². The molecule has 4 rings (SSSR count). The van der Waals surface area contributed by atoms with Crippen LogP contribution in [0.2, 0.25) is 5.02 Å². The van der Waals surface area contributed by atoms with Crippen LogP contribution in [0.3, 0.4) is 0 Å². The predicted octanol–water partition coefficient (Wildman–Crippen LogP) is 7.00. The first-order valence-electron chi connectivity index (χ1n) is 11.2. The molecule has 0 aromatic heterocycles. The number of aryl methyl sites for hydroxylation is 1. The third-order valence-corrected chi connectivity index (χ3v) is 6.71. The van der Waals surface area contributed by atoms with Gasteiger partial charge in [-0.2, -0.15) is 5.10 Å². The molecule has 0 amide bonds. The van der Waals surface area contributed by atoms with Crippen molar-refractivity contribution in [1.82, 2.24) is 0 Å². The first-order chi connectivity index (χ1) is 16.3. The van der Waals surface area contributed by atoms with Crippen LogP contribution in [-0.2, 0) is 28.6 Å². The molecule has 7 heteroatoms. The van der Waals surface area contributed by atoms with Crippen molar-refractivity contribution < 1.29 is 26.3 Å². The average Bonchev–Trinajstić information content (AvgIpc) is 3.06. The third kappa shape index (κ3) is 5.35. The first-order valence-corrected chi connectivity index (χ1v) is 11.6. The van der Waals surface area contributed by atoms with Crippen molar-refractivity contribution in [3.05, 3.63) is 112 Å². The largest absolute Gasteiger partial charge is 0.492 e. The molecule has 4 nitrogen and oxygen atoms in total. The molecule has 35 heavy (non-hydrogen) atoms. The topological polar surface area (TPSA) is 48.2 Å². The van der Waals surface area contributed by atoms with E-state index in [0.717, 1.165) is 29.1 Å². The molecule has 1 radical (unpaired) electrons. The molecule has 0 aliphatic carbocycles. The van der Waals surface area contributed by atoms with Gasteiger partial charge in [0.15, 0.2) is 0 Å². The molecule has 0 fully saturated rings. The summed E-state index contributed by atoms with van der Waals surface area (Å²) in [5, 5.41) is 18.9. The molecule has 1 N–H and O–H groups in total. The molecule has 0 saturated heterocycles. The summed E-state index contributed by atoms with van der Waals surface area (Å²) in [6.07, 6.45) is 4.12. The first kappa shape index (κ1) is 26.7. The second kappa shape index (κ2) is 11.2. The summed E-state index contributed by atoms with van der Waals surface area (Å²) in [6, 6.07) is 20.3. The van der Waals surface area contributed by atoms with E-state index in [0.29, 0.717) is 17.0 Å². The van der Waals surface area contributed by atoms with E-state index in [9.17, 15) is 9.50 Å². The second-order valence-electron chi connectivity index (χ2n) is 8.56. The zero-order valence-electron chi connectivity index (χ0n) is 19.8. The molecule has 1 aliphatic heterocycles. The fraction of sp³-hybridized carbons (Fsp3) is 0.214. The number of hydrogen-bond acceptors (Lipinski definition) is 3. The Hall–Kier alpha value is -2.93. The van der Waals surface area contributed by atoms with E-state index in [1.165, 1.54) is 17.7 Å². The van der Waals surface area contributed by atoms with Gasteiger partial charge >= 0.3 is 0 Å². The van der Waals surface area contributed by atoms with Crippen molar-refractivity contribution in [2.45, 2.75) is 32.6 Å². The van der Waals surface area contributed by atoms with E-state index >= 15 is 0 Å². The van der Waals surface area contributed by atoms with E-state index in [1.807, 2.05) is 43.3 Å². The Morgan fingerprint density at radius 2 is 1.83 bits per heavy atom. The molecule has 183 valence electrons. The number of para-hydroxylation sites is 1. The monoisotopic (exact) mass is 534 g/mol. The average molecular weight is 535 g/mol. The van der Waals surface area contributed by atoms with Crippen LogP contribution >= 0.6 is 11.6 Å². The number of likely N-dealkylation sites (N-methyl/N-ethyl adjacent to an activating group) is 1. The van der Waals surface area contributed by atoms with E-state index in [2.05, 4.69) is 41.1 Å². The Bertz CT molecular complexity index is 1310. The van der Waals surface area contributed by atoms with Crippen molar-refractivity contribution >= 4 is 29.4 Å². The number of nitrogens with zero attached hydrogens (tertiary/aromatic N) is 3. The minimum Gasteiger partial charge on any atom is -0.492 e. The Labute approximate surface area is 221 Å². The van der Waals surface area contributed by atoms with Crippen LogP contribution < -0.4 is 4.90 Å². The quantitative estimate of drug-likeness (QED) is 0.210. The van der Waals surface area contributed by atoms with Gasteiger partial charge in [-0.3, -0.25) is 0 Å². The fourth-order valence-corrected chi connectivity index (χ4v) is 4.89. The third-order valence-electron chi connectivity index (χ3n) is 6.36. The Morgan fingerprint density at radius 3 is 2.54 bits per heavy atom. The fourth-order valence-electron chi connectivity index (χ4n) is 4.66. The van der Waals surface area contributed by atoms with Crippen LogP contribution in [0.5, 0.6) is 0 Å². The minimum absolute atomic E-state index is 0. The summed E-state index contributed by atoms with van der Waals surface area (Å²) < 4.78 is 13.7. The maximum atomic E-state index is 13.7. The Balaban J connectivity index is 0.00000342. The summed E-state index contributed by atoms with van der Waals surface area (Å²) in [4.78, 5) is 2.24. The maximum absolute atomic E-state index is 13.7. The van der Waals surface area contributed by atoms with Crippen molar-refractivity contribution in [3.8, 4) is 0 Å². The number of allylic oxidation sites excluding steroid dienone is 2. The number of rotatable bonds is 6. The van der Waals surface area contributed by atoms with E-state index < -0.39 is 5.41 Å². The normalized spacial score (nSPS) is 18.7. The Kier molecular flexibility index (Phi) is 8.54. The molecular formula is C28H27ClCoFN3O. The maximum Gasteiger partial charge on any atom is 0.238 e. The van der Waals surface area contributed by atoms with Gasteiger partial charge < -0.3 is 10.0 Å². The number of aliphatic hydroxyl groups is 1. The van der Waals surface area contributed by atoms with Crippen molar-refractivity contribution in [1.29, 1.82) is 0 Å². The van der Waals surface area contributed by atoms with E-state index in [-0.39, 0.29) is 28.5 Å². The van der Waals surface area contributed by atoms with E-state index in [1.54, 1.807) is 18.3 Å². The molecule has 0 bridgehead atoms. The number of fused-ring (bicyclic) bond motifs is 1. The van der Waals surface area contributed by atoms with E-state index in [4.69, 9.17) is 11.6 Å². The van der Waals surface area contributed by atoms with Gasteiger partial charge in [-0.05, 0) is 74.2 Å². The van der Waals surface area contributed by atoms with Crippen LogP contribution in [0.25, 0.3) is 0 Å². The van der Waals surface area contributed by atoms with Gasteiger partial charge in [-0.1, -0.05) is 54.1 Å². The van der Waals surface area contributed by atoms with Gasteiger partial charge in [0.2, 0.25) is 5.90 Å². The predicted molar refractivity (Wildman–Crippen MR) is 139 cm³/mol. The van der Waals surface area contributed by atoms with Crippen LogP contribution in [0.4, 0.5) is 10.1 Å². The summed E-state index contributed by atoms with van der Waals surface area (Å²) >= 11 is 6.40. The molecule has 3 aromatic carbocycles. The second-order valence-corrected chi connectivity index (χ2v) is 8.97. The number of halogens is 2. The van der Waals surface area contributed by atoms with Crippen LogP contribution in [0, 0.1) is 12.7 Å². The Morgan fingerprint density at radius 1 is 1.11 bits per heavy atom. The summed E-state index contributed by atoms with van der Waals surface area (Å²) in [7, 11) is 0. The zero-order valence-corrected chi connectivity index (χ0v) is 21.6. The van der Waals surface area contributed by atoms with Crippen molar-refractivity contribution in [2.75, 3.05) is 11.4 Å². The summed E-state index contributed by atoms with van der Waals surface area (Å²) in [5.74, 6) is -0.481. The van der Waals surface area contributed by atoms with Gasteiger partial charge in [0.25, 0.3) is 0 Å². The van der Waals surface area contributed by atoms with Gasteiger partial charge in [0, 0.05) is 50.7 Å². The molecule has 1 heterocycles. The smallest absolute Gasteiger partial charge is 0.238 e. The SMILES string of the molecule is CCN1\C(=C/C=N/N=C(\O)c2ccccc2C)C(C)(Cc2ccc(F)cc2Cl)c2ccccc21.[Co]. The zero-order chi connectivity index (χ0) is 24.3. The van der Waals surface area contributed by atoms with Gasteiger partial charge in [0.05, 0.1) is 6.21 Å². The number of benzene rings is 3. The number of aliphatic hydroxyl groups excluding tert-OH is 1. The molecular weight excluding hydrogens is 508 g/mol. The molecule has 1 atom stereocenters. The van der Waals surface area contributed by atoms with Gasteiger partial charge in [-0.25, -0.2) is 4.39 Å². The van der Waals surface area contributed by atoms with Crippen molar-refractivity contribution in [3.63, 3.8) is 0 Å². The minimum atomic E-state index is -0.415. The summed E-state index contributed by atoms with van der Waals surface area (Å²) in [5.41, 5.74) is 5.35. The molecule has 0 spiro atoms. The van der Waals surface area contributed by atoms with Crippen LogP contribution in [0.15, 0.2) is 88.7 Å². The van der Waals surface area contributed by atoms with Gasteiger partial charge in [-0.15, -0.1) is 5.10 Å².